The van der Waals surface area contributed by atoms with Gasteiger partial charge in [-0.2, -0.15) is 0 Å². The second-order valence-electron chi connectivity index (χ2n) is 4.78. The third-order valence-corrected chi connectivity index (χ3v) is 3.57. The molecule has 2 aromatic carbocycles. The standard InChI is InChI=1S/C16H15ClN2O/c1-10-6-5-8-13-15(10)19-16(18-13)11(2)20-14-9-4-3-7-12(14)17/h3-9,11H,1-2H3,(H,18,19)/t11-/m1/s1. The van der Waals surface area contributed by atoms with Crippen LogP contribution in [0.3, 0.4) is 0 Å². The first kappa shape index (κ1) is 13.0. The predicted octanol–water partition coefficient (Wildman–Crippen LogP) is 4.66. The molecule has 0 spiro atoms. The van der Waals surface area contributed by atoms with Gasteiger partial charge in [0.25, 0.3) is 0 Å². The molecule has 0 saturated heterocycles. The SMILES string of the molecule is Cc1cccc2[nH]c([C@@H](C)Oc3ccccc3Cl)nc12. The molecule has 3 rings (SSSR count). The third-order valence-electron chi connectivity index (χ3n) is 3.26. The lowest BCUT2D eigenvalue weighted by Crippen LogP contribution is -2.05. The summed E-state index contributed by atoms with van der Waals surface area (Å²) in [6, 6.07) is 13.5. The molecule has 3 aromatic rings. The number of para-hydroxylation sites is 2. The van der Waals surface area contributed by atoms with E-state index in [0.29, 0.717) is 10.8 Å². The van der Waals surface area contributed by atoms with Gasteiger partial charge in [0, 0.05) is 0 Å². The molecule has 0 aliphatic rings. The Labute approximate surface area is 122 Å². The van der Waals surface area contributed by atoms with E-state index in [-0.39, 0.29) is 6.10 Å². The number of halogens is 1. The van der Waals surface area contributed by atoms with E-state index in [1.54, 1.807) is 0 Å². The highest BCUT2D eigenvalue weighted by Gasteiger charge is 2.14. The van der Waals surface area contributed by atoms with Gasteiger partial charge in [-0.15, -0.1) is 0 Å². The first-order valence-corrected chi connectivity index (χ1v) is 6.89. The van der Waals surface area contributed by atoms with Crippen LogP contribution in [-0.2, 0) is 0 Å². The second-order valence-corrected chi connectivity index (χ2v) is 5.19. The molecule has 20 heavy (non-hydrogen) atoms. The van der Waals surface area contributed by atoms with Crippen molar-refractivity contribution >= 4 is 22.6 Å². The predicted molar refractivity (Wildman–Crippen MR) is 81.3 cm³/mol. The molecule has 3 nitrogen and oxygen atoms in total. The van der Waals surface area contributed by atoms with Crippen LogP contribution in [0.2, 0.25) is 5.02 Å². The summed E-state index contributed by atoms with van der Waals surface area (Å²) in [5.74, 6) is 1.47. The lowest BCUT2D eigenvalue weighted by atomic mass is 10.2. The van der Waals surface area contributed by atoms with Gasteiger partial charge >= 0.3 is 0 Å². The summed E-state index contributed by atoms with van der Waals surface area (Å²) in [5.41, 5.74) is 3.15. The highest BCUT2D eigenvalue weighted by molar-refractivity contribution is 6.32. The zero-order chi connectivity index (χ0) is 14.1. The number of nitrogens with one attached hydrogen (secondary N) is 1. The molecule has 1 heterocycles. The van der Waals surface area contributed by atoms with Crippen LogP contribution in [0.5, 0.6) is 5.75 Å². The van der Waals surface area contributed by atoms with Crippen molar-refractivity contribution in [2.24, 2.45) is 0 Å². The van der Waals surface area contributed by atoms with E-state index in [1.165, 1.54) is 0 Å². The lowest BCUT2D eigenvalue weighted by molar-refractivity contribution is 0.218. The number of imidazole rings is 1. The zero-order valence-corrected chi connectivity index (χ0v) is 12.1. The van der Waals surface area contributed by atoms with Crippen LogP contribution in [0.15, 0.2) is 42.5 Å². The topological polar surface area (TPSA) is 37.9 Å². The molecule has 0 unspecified atom stereocenters. The maximum absolute atomic E-state index is 6.10. The molecule has 1 aromatic heterocycles. The van der Waals surface area contributed by atoms with Crippen molar-refractivity contribution in [1.29, 1.82) is 0 Å². The average Bonchev–Trinajstić information content (AvgIpc) is 2.87. The largest absolute Gasteiger partial charge is 0.481 e. The quantitative estimate of drug-likeness (QED) is 0.760. The molecule has 1 atom stereocenters. The molecule has 4 heteroatoms. The number of nitrogens with zero attached hydrogens (tertiary/aromatic N) is 1. The maximum Gasteiger partial charge on any atom is 0.153 e. The van der Waals surface area contributed by atoms with Crippen LogP contribution in [-0.4, -0.2) is 9.97 Å². The van der Waals surface area contributed by atoms with Gasteiger partial charge in [0.05, 0.1) is 16.1 Å². The number of rotatable bonds is 3. The Balaban J connectivity index is 1.91. The number of hydrogen-bond acceptors (Lipinski definition) is 2. The van der Waals surface area contributed by atoms with Crippen LogP contribution in [0.4, 0.5) is 0 Å². The van der Waals surface area contributed by atoms with E-state index < -0.39 is 0 Å². The van der Waals surface area contributed by atoms with Crippen molar-refractivity contribution < 1.29 is 4.74 Å². The van der Waals surface area contributed by atoms with Gasteiger partial charge in [0.2, 0.25) is 0 Å². The number of fused-ring (bicyclic) bond motifs is 1. The van der Waals surface area contributed by atoms with Crippen molar-refractivity contribution in [3.63, 3.8) is 0 Å². The number of aromatic amines is 1. The van der Waals surface area contributed by atoms with Crippen molar-refractivity contribution in [3.05, 3.63) is 58.9 Å². The zero-order valence-electron chi connectivity index (χ0n) is 11.4. The van der Waals surface area contributed by atoms with Crippen molar-refractivity contribution in [3.8, 4) is 5.75 Å². The van der Waals surface area contributed by atoms with E-state index in [9.17, 15) is 0 Å². The van der Waals surface area contributed by atoms with Gasteiger partial charge in [-0.1, -0.05) is 35.9 Å². The minimum atomic E-state index is -0.193. The maximum atomic E-state index is 6.10. The average molecular weight is 287 g/mol. The van der Waals surface area contributed by atoms with Crippen molar-refractivity contribution in [2.75, 3.05) is 0 Å². The van der Waals surface area contributed by atoms with E-state index >= 15 is 0 Å². The minimum Gasteiger partial charge on any atom is -0.481 e. The highest BCUT2D eigenvalue weighted by Crippen LogP contribution is 2.28. The highest BCUT2D eigenvalue weighted by atomic mass is 35.5. The van der Waals surface area contributed by atoms with Gasteiger partial charge < -0.3 is 9.72 Å². The number of H-pyrrole nitrogens is 1. The Kier molecular flexibility index (Phi) is 3.36. The molecule has 0 aliphatic heterocycles. The Hall–Kier alpha value is -2.00. The number of benzene rings is 2. The summed E-state index contributed by atoms with van der Waals surface area (Å²) >= 11 is 6.10. The Bertz CT molecular complexity index is 751. The molecule has 0 aliphatic carbocycles. The fourth-order valence-corrected chi connectivity index (χ4v) is 2.35. The van der Waals surface area contributed by atoms with Gasteiger partial charge in [-0.3, -0.25) is 0 Å². The van der Waals surface area contributed by atoms with E-state index in [1.807, 2.05) is 56.3 Å². The first-order chi connectivity index (χ1) is 9.65. The van der Waals surface area contributed by atoms with Crippen LogP contribution >= 0.6 is 11.6 Å². The number of aryl methyl sites for hydroxylation is 1. The Morgan fingerprint density at radius 3 is 2.70 bits per heavy atom. The summed E-state index contributed by atoms with van der Waals surface area (Å²) < 4.78 is 5.87. The van der Waals surface area contributed by atoms with E-state index in [4.69, 9.17) is 16.3 Å². The van der Waals surface area contributed by atoms with Gasteiger partial charge in [0.15, 0.2) is 6.10 Å². The number of ether oxygens (including phenoxy) is 1. The summed E-state index contributed by atoms with van der Waals surface area (Å²) in [4.78, 5) is 7.91. The minimum absolute atomic E-state index is 0.193. The molecular formula is C16H15ClN2O. The molecule has 0 saturated carbocycles. The van der Waals surface area contributed by atoms with Gasteiger partial charge in [0.1, 0.15) is 11.6 Å². The summed E-state index contributed by atoms with van der Waals surface area (Å²) in [7, 11) is 0. The van der Waals surface area contributed by atoms with Gasteiger partial charge in [-0.25, -0.2) is 4.98 Å². The normalized spacial score (nSPS) is 12.6. The third kappa shape index (κ3) is 2.37. The summed E-state index contributed by atoms with van der Waals surface area (Å²) in [5, 5.41) is 0.603. The number of aromatic nitrogens is 2. The van der Waals surface area contributed by atoms with Crippen LogP contribution in [0.1, 0.15) is 24.4 Å². The molecular weight excluding hydrogens is 272 g/mol. The van der Waals surface area contributed by atoms with E-state index in [2.05, 4.69) is 9.97 Å². The van der Waals surface area contributed by atoms with Crippen molar-refractivity contribution in [1.82, 2.24) is 9.97 Å². The van der Waals surface area contributed by atoms with Gasteiger partial charge in [-0.05, 0) is 37.6 Å². The van der Waals surface area contributed by atoms with Crippen LogP contribution in [0, 0.1) is 6.92 Å². The fourth-order valence-electron chi connectivity index (χ4n) is 2.17. The summed E-state index contributed by atoms with van der Waals surface area (Å²) in [6.07, 6.45) is -0.193. The number of hydrogen-bond donors (Lipinski definition) is 1. The molecule has 0 amide bonds. The molecule has 0 bridgehead atoms. The molecule has 0 radical (unpaired) electrons. The Morgan fingerprint density at radius 1 is 1.15 bits per heavy atom. The first-order valence-electron chi connectivity index (χ1n) is 6.51. The van der Waals surface area contributed by atoms with E-state index in [0.717, 1.165) is 22.4 Å². The monoisotopic (exact) mass is 286 g/mol. The van der Waals surface area contributed by atoms with Crippen molar-refractivity contribution in [2.45, 2.75) is 20.0 Å². The van der Waals surface area contributed by atoms with Crippen LogP contribution in [0.25, 0.3) is 11.0 Å². The molecule has 1 N–H and O–H groups in total. The van der Waals surface area contributed by atoms with Crippen LogP contribution < -0.4 is 4.74 Å². The second kappa shape index (κ2) is 5.17. The lowest BCUT2D eigenvalue weighted by Gasteiger charge is -2.13. The Morgan fingerprint density at radius 2 is 1.95 bits per heavy atom. The molecule has 102 valence electrons. The summed E-state index contributed by atoms with van der Waals surface area (Å²) in [6.45, 7) is 4.00. The fraction of sp³-hybridized carbons (Fsp3) is 0.188. The smallest absolute Gasteiger partial charge is 0.153 e. The molecule has 0 fully saturated rings.